The summed E-state index contributed by atoms with van der Waals surface area (Å²) in [6.45, 7) is 0. The molecule has 0 aliphatic heterocycles. The van der Waals surface area contributed by atoms with Gasteiger partial charge in [-0.2, -0.15) is 0 Å². The quantitative estimate of drug-likeness (QED) is 0.405. The average molecular weight is 518 g/mol. The smallest absolute Gasteiger partial charge is 0.137 e. The molecule has 0 saturated carbocycles. The first-order valence-corrected chi connectivity index (χ1v) is 8.06. The summed E-state index contributed by atoms with van der Waals surface area (Å²) in [6.07, 6.45) is 1.61. The van der Waals surface area contributed by atoms with Gasteiger partial charge in [0.15, 0.2) is 0 Å². The molecule has 0 aliphatic carbocycles. The van der Waals surface area contributed by atoms with Crippen LogP contribution in [0.25, 0.3) is 0 Å². The minimum Gasteiger partial charge on any atom is -0.506 e. The number of phenolic OH excluding ortho intramolecular Hbond substituents is 1. The molecule has 0 bridgehead atoms. The first kappa shape index (κ1) is 15.3. The van der Waals surface area contributed by atoms with Crippen LogP contribution in [0.2, 0.25) is 10.0 Å². The topological polar surface area (TPSA) is 32.6 Å². The van der Waals surface area contributed by atoms with Gasteiger partial charge in [-0.25, -0.2) is 0 Å². The predicted octanol–water partition coefficient (Wildman–Crippen LogP) is 5.66. The van der Waals surface area contributed by atoms with Crippen LogP contribution in [0.5, 0.6) is 5.75 Å². The molecule has 0 aliphatic rings. The molecule has 0 fully saturated rings. The molecule has 2 aromatic carbocycles. The number of aromatic hydroxyl groups is 1. The van der Waals surface area contributed by atoms with E-state index in [0.717, 1.165) is 7.14 Å². The lowest BCUT2D eigenvalue weighted by Gasteiger charge is -2.03. The Kier molecular flexibility index (Phi) is 5.33. The molecule has 0 amide bonds. The van der Waals surface area contributed by atoms with Gasteiger partial charge in [0.05, 0.1) is 19.3 Å². The van der Waals surface area contributed by atoms with E-state index in [4.69, 9.17) is 23.2 Å². The molecule has 0 heterocycles. The summed E-state index contributed by atoms with van der Waals surface area (Å²) in [4.78, 5) is 4.29. The van der Waals surface area contributed by atoms with Gasteiger partial charge in [0.2, 0.25) is 0 Å². The number of rotatable bonds is 2. The van der Waals surface area contributed by atoms with E-state index in [1.165, 1.54) is 0 Å². The first-order chi connectivity index (χ1) is 8.97. The highest BCUT2D eigenvalue weighted by atomic mass is 127. The summed E-state index contributed by atoms with van der Waals surface area (Å²) in [5.74, 6) is 0.227. The molecule has 0 unspecified atom stereocenters. The fourth-order valence-electron chi connectivity index (χ4n) is 1.39. The number of halogens is 4. The van der Waals surface area contributed by atoms with E-state index in [1.54, 1.807) is 24.4 Å². The molecule has 0 atom stereocenters. The lowest BCUT2D eigenvalue weighted by Crippen LogP contribution is -1.87. The van der Waals surface area contributed by atoms with Gasteiger partial charge < -0.3 is 5.11 Å². The Hall–Kier alpha value is -0.0500. The maximum Gasteiger partial charge on any atom is 0.137 e. The molecular formula is C13H7Cl2I2NO. The average Bonchev–Trinajstić information content (AvgIpc) is 2.36. The van der Waals surface area contributed by atoms with E-state index in [1.807, 2.05) is 12.1 Å². The Morgan fingerprint density at radius 2 is 1.79 bits per heavy atom. The normalized spacial score (nSPS) is 11.2. The van der Waals surface area contributed by atoms with E-state index < -0.39 is 0 Å². The van der Waals surface area contributed by atoms with Crippen LogP contribution in [0, 0.1) is 7.14 Å². The van der Waals surface area contributed by atoms with Gasteiger partial charge in [0.25, 0.3) is 0 Å². The molecule has 2 aromatic rings. The standard InChI is InChI=1S/C13H7Cl2I2NO/c14-10-2-1-9(5-11(10)15)18-6-7-3-8(16)4-12(17)13(7)19/h1-6,19H. The third kappa shape index (κ3) is 3.96. The van der Waals surface area contributed by atoms with E-state index in [9.17, 15) is 5.11 Å². The van der Waals surface area contributed by atoms with Gasteiger partial charge in [-0.3, -0.25) is 4.99 Å². The monoisotopic (exact) mass is 517 g/mol. The molecule has 6 heteroatoms. The summed E-state index contributed by atoms with van der Waals surface area (Å²) in [5, 5.41) is 10.9. The zero-order chi connectivity index (χ0) is 14.0. The van der Waals surface area contributed by atoms with Gasteiger partial charge in [0, 0.05) is 15.3 Å². The van der Waals surface area contributed by atoms with Gasteiger partial charge in [-0.1, -0.05) is 23.2 Å². The number of phenols is 1. The molecule has 0 radical (unpaired) electrons. The minimum absolute atomic E-state index is 0.227. The maximum absolute atomic E-state index is 9.95. The molecule has 98 valence electrons. The molecule has 1 N–H and O–H groups in total. The highest BCUT2D eigenvalue weighted by Gasteiger charge is 2.05. The number of hydrogen-bond acceptors (Lipinski definition) is 2. The van der Waals surface area contributed by atoms with Crippen LogP contribution >= 0.6 is 68.4 Å². The summed E-state index contributed by atoms with van der Waals surface area (Å²) < 4.78 is 1.83. The molecule has 19 heavy (non-hydrogen) atoms. The van der Waals surface area contributed by atoms with Crippen molar-refractivity contribution < 1.29 is 5.11 Å². The second-order valence-corrected chi connectivity index (χ2v) is 6.90. The van der Waals surface area contributed by atoms with Crippen molar-refractivity contribution in [2.24, 2.45) is 4.99 Å². The molecule has 0 aromatic heterocycles. The Labute approximate surface area is 148 Å². The van der Waals surface area contributed by atoms with Crippen molar-refractivity contribution >= 4 is 80.3 Å². The zero-order valence-corrected chi connectivity index (χ0v) is 15.2. The summed E-state index contributed by atoms with van der Waals surface area (Å²) in [6, 6.07) is 8.89. The Balaban J connectivity index is 2.35. The molecule has 2 rings (SSSR count). The number of nitrogens with zero attached hydrogens (tertiary/aromatic N) is 1. The first-order valence-electron chi connectivity index (χ1n) is 5.14. The SMILES string of the molecule is Oc1c(I)cc(I)cc1C=Nc1ccc(Cl)c(Cl)c1. The molecule has 2 nitrogen and oxygen atoms in total. The highest BCUT2D eigenvalue weighted by Crippen LogP contribution is 2.28. The van der Waals surface area contributed by atoms with Crippen molar-refractivity contribution in [3.63, 3.8) is 0 Å². The van der Waals surface area contributed by atoms with Crippen LogP contribution in [0.3, 0.4) is 0 Å². The summed E-state index contributed by atoms with van der Waals surface area (Å²) >= 11 is 16.0. The van der Waals surface area contributed by atoms with Crippen LogP contribution in [0.15, 0.2) is 35.3 Å². The van der Waals surface area contributed by atoms with E-state index in [0.29, 0.717) is 21.3 Å². The van der Waals surface area contributed by atoms with Crippen LogP contribution in [-0.4, -0.2) is 11.3 Å². The predicted molar refractivity (Wildman–Crippen MR) is 97.3 cm³/mol. The lowest BCUT2D eigenvalue weighted by atomic mass is 10.2. The zero-order valence-electron chi connectivity index (χ0n) is 9.37. The van der Waals surface area contributed by atoms with Crippen LogP contribution in [0.1, 0.15) is 5.56 Å². The van der Waals surface area contributed by atoms with Crippen LogP contribution < -0.4 is 0 Å². The molecular weight excluding hydrogens is 511 g/mol. The Morgan fingerprint density at radius 3 is 2.47 bits per heavy atom. The van der Waals surface area contributed by atoms with Crippen LogP contribution in [0.4, 0.5) is 5.69 Å². The van der Waals surface area contributed by atoms with Crippen molar-refractivity contribution in [2.75, 3.05) is 0 Å². The second kappa shape index (κ2) is 6.60. The molecule has 0 saturated heterocycles. The Bertz CT molecular complexity index is 659. The maximum atomic E-state index is 9.95. The third-order valence-corrected chi connectivity index (χ3v) is 4.50. The van der Waals surface area contributed by atoms with E-state index >= 15 is 0 Å². The second-order valence-electron chi connectivity index (χ2n) is 3.68. The number of hydrogen-bond donors (Lipinski definition) is 1. The highest BCUT2D eigenvalue weighted by molar-refractivity contribution is 14.1. The lowest BCUT2D eigenvalue weighted by molar-refractivity contribution is 0.470. The summed E-state index contributed by atoms with van der Waals surface area (Å²) in [5.41, 5.74) is 1.35. The van der Waals surface area contributed by atoms with Gasteiger partial charge in [-0.05, 0) is 75.5 Å². The van der Waals surface area contributed by atoms with Crippen molar-refractivity contribution in [3.05, 3.63) is 53.1 Å². The van der Waals surface area contributed by atoms with Gasteiger partial charge in [0.1, 0.15) is 5.75 Å². The van der Waals surface area contributed by atoms with Crippen molar-refractivity contribution in [1.29, 1.82) is 0 Å². The van der Waals surface area contributed by atoms with Crippen molar-refractivity contribution in [1.82, 2.24) is 0 Å². The minimum atomic E-state index is 0.227. The number of benzene rings is 2. The largest absolute Gasteiger partial charge is 0.506 e. The number of aliphatic imine (C=N–C) groups is 1. The van der Waals surface area contributed by atoms with E-state index in [-0.39, 0.29) is 5.75 Å². The fourth-order valence-corrected chi connectivity index (χ4v) is 3.58. The Morgan fingerprint density at radius 1 is 1.05 bits per heavy atom. The fraction of sp³-hybridized carbons (Fsp3) is 0. The van der Waals surface area contributed by atoms with Gasteiger partial charge >= 0.3 is 0 Å². The summed E-state index contributed by atoms with van der Waals surface area (Å²) in [7, 11) is 0. The van der Waals surface area contributed by atoms with E-state index in [2.05, 4.69) is 50.2 Å². The van der Waals surface area contributed by atoms with Gasteiger partial charge in [-0.15, -0.1) is 0 Å². The third-order valence-electron chi connectivity index (χ3n) is 2.31. The van der Waals surface area contributed by atoms with Crippen LogP contribution in [-0.2, 0) is 0 Å². The molecule has 0 spiro atoms. The van der Waals surface area contributed by atoms with Crippen molar-refractivity contribution in [2.45, 2.75) is 0 Å². The van der Waals surface area contributed by atoms with Crippen molar-refractivity contribution in [3.8, 4) is 5.75 Å².